The summed E-state index contributed by atoms with van der Waals surface area (Å²) in [5, 5.41) is 21.8. The van der Waals surface area contributed by atoms with Crippen molar-refractivity contribution in [3.05, 3.63) is 35.9 Å². The van der Waals surface area contributed by atoms with Crippen LogP contribution in [0.25, 0.3) is 0 Å². The van der Waals surface area contributed by atoms with Gasteiger partial charge in [-0.15, -0.1) is 0 Å². The highest BCUT2D eigenvalue weighted by atomic mass is 16.4. The van der Waals surface area contributed by atoms with E-state index in [2.05, 4.69) is 29.1 Å². The minimum Gasteiger partial charge on any atom is -0.409 e. The molecule has 0 aromatic heterocycles. The maximum Gasteiger partial charge on any atom is 0.141 e. The van der Waals surface area contributed by atoms with Crippen molar-refractivity contribution in [1.82, 2.24) is 4.90 Å². The van der Waals surface area contributed by atoms with Gasteiger partial charge in [0.15, 0.2) is 0 Å². The molecule has 5 nitrogen and oxygen atoms in total. The molecule has 110 valence electrons. The number of hydrogen-bond acceptors (Lipinski definition) is 4. The number of oxime groups is 1. The van der Waals surface area contributed by atoms with Gasteiger partial charge >= 0.3 is 0 Å². The van der Waals surface area contributed by atoms with Crippen molar-refractivity contribution < 1.29 is 10.3 Å². The zero-order valence-electron chi connectivity index (χ0n) is 11.8. The van der Waals surface area contributed by atoms with Crippen LogP contribution in [0.4, 0.5) is 0 Å². The summed E-state index contributed by atoms with van der Waals surface area (Å²) in [4.78, 5) is 2.31. The molecule has 0 saturated carbocycles. The lowest BCUT2D eigenvalue weighted by atomic mass is 9.92. The van der Waals surface area contributed by atoms with Gasteiger partial charge in [0.1, 0.15) is 5.84 Å². The minimum atomic E-state index is -0.230. The topological polar surface area (TPSA) is 82.1 Å². The fourth-order valence-corrected chi connectivity index (χ4v) is 2.82. The van der Waals surface area contributed by atoms with Crippen LogP contribution in [0.2, 0.25) is 0 Å². The highest BCUT2D eigenvalue weighted by molar-refractivity contribution is 5.80. The van der Waals surface area contributed by atoms with Gasteiger partial charge in [0.05, 0.1) is 6.10 Å². The summed E-state index contributed by atoms with van der Waals surface area (Å²) in [5.74, 6) is 0.472. The average molecular weight is 277 g/mol. The van der Waals surface area contributed by atoms with Gasteiger partial charge in [-0.3, -0.25) is 4.90 Å². The van der Waals surface area contributed by atoms with Gasteiger partial charge in [0, 0.05) is 25.6 Å². The second-order valence-corrected chi connectivity index (χ2v) is 5.55. The van der Waals surface area contributed by atoms with Crippen molar-refractivity contribution in [1.29, 1.82) is 0 Å². The van der Waals surface area contributed by atoms with Crippen molar-refractivity contribution in [2.45, 2.75) is 31.9 Å². The summed E-state index contributed by atoms with van der Waals surface area (Å²) in [6.07, 6.45) is 1.02. The molecule has 1 aromatic carbocycles. The Morgan fingerprint density at radius 3 is 2.75 bits per heavy atom. The Hall–Kier alpha value is -1.59. The molecule has 0 radical (unpaired) electrons. The van der Waals surface area contributed by atoms with E-state index in [4.69, 9.17) is 10.9 Å². The van der Waals surface area contributed by atoms with Gasteiger partial charge in [-0.25, -0.2) is 0 Å². The first-order valence-electron chi connectivity index (χ1n) is 7.05. The van der Waals surface area contributed by atoms with Crippen molar-refractivity contribution in [2.24, 2.45) is 16.8 Å². The third-order valence-electron chi connectivity index (χ3n) is 4.05. The second-order valence-electron chi connectivity index (χ2n) is 5.55. The number of rotatable bonds is 4. The first-order valence-corrected chi connectivity index (χ1v) is 7.05. The van der Waals surface area contributed by atoms with Crippen molar-refractivity contribution in [2.75, 3.05) is 13.1 Å². The molecule has 1 heterocycles. The van der Waals surface area contributed by atoms with E-state index in [-0.39, 0.29) is 23.9 Å². The molecule has 1 aliphatic heterocycles. The minimum absolute atomic E-state index is 0.0852. The molecule has 1 saturated heterocycles. The van der Waals surface area contributed by atoms with Crippen molar-refractivity contribution in [3.8, 4) is 0 Å². The standard InChI is InChI=1S/C15H23N3O2/c1-11-10-18(8-7-14(11)19)13(9-15(16)17-20)12-5-3-2-4-6-12/h2-6,11,13-14,19-20H,7-10H2,1H3,(H2,16,17). The van der Waals surface area contributed by atoms with E-state index in [1.165, 1.54) is 0 Å². The van der Waals surface area contributed by atoms with Crippen LogP contribution in [0, 0.1) is 5.92 Å². The summed E-state index contributed by atoms with van der Waals surface area (Å²) in [6.45, 7) is 3.70. The van der Waals surface area contributed by atoms with Crippen LogP contribution in [0.1, 0.15) is 31.4 Å². The Kier molecular flexibility index (Phi) is 4.98. The molecule has 1 aromatic rings. The Labute approximate surface area is 119 Å². The normalized spacial score (nSPS) is 26.4. The fourth-order valence-electron chi connectivity index (χ4n) is 2.82. The highest BCUT2D eigenvalue weighted by Crippen LogP contribution is 2.29. The van der Waals surface area contributed by atoms with E-state index in [9.17, 15) is 5.11 Å². The van der Waals surface area contributed by atoms with Gasteiger partial charge in [-0.1, -0.05) is 42.4 Å². The Morgan fingerprint density at radius 2 is 2.15 bits per heavy atom. The monoisotopic (exact) mass is 277 g/mol. The van der Waals surface area contributed by atoms with Crippen LogP contribution in [0.5, 0.6) is 0 Å². The van der Waals surface area contributed by atoms with E-state index < -0.39 is 0 Å². The fraction of sp³-hybridized carbons (Fsp3) is 0.533. The summed E-state index contributed by atoms with van der Waals surface area (Å²) < 4.78 is 0. The lowest BCUT2D eigenvalue weighted by Gasteiger charge is -2.39. The van der Waals surface area contributed by atoms with Crippen molar-refractivity contribution >= 4 is 5.84 Å². The van der Waals surface area contributed by atoms with E-state index in [0.717, 1.165) is 25.1 Å². The largest absolute Gasteiger partial charge is 0.409 e. The van der Waals surface area contributed by atoms with Crippen LogP contribution in [-0.2, 0) is 0 Å². The maximum absolute atomic E-state index is 9.86. The quantitative estimate of drug-likeness (QED) is 0.338. The number of hydrogen-bond donors (Lipinski definition) is 3. The zero-order chi connectivity index (χ0) is 14.5. The summed E-state index contributed by atoms with van der Waals surface area (Å²) in [7, 11) is 0. The number of nitrogens with zero attached hydrogens (tertiary/aromatic N) is 2. The zero-order valence-corrected chi connectivity index (χ0v) is 11.8. The number of nitrogens with two attached hydrogens (primary N) is 1. The van der Waals surface area contributed by atoms with Gasteiger partial charge in [0.2, 0.25) is 0 Å². The molecule has 4 N–H and O–H groups in total. The van der Waals surface area contributed by atoms with Crippen LogP contribution < -0.4 is 5.73 Å². The molecule has 0 spiro atoms. The molecule has 2 rings (SSSR count). The third kappa shape index (κ3) is 3.49. The lowest BCUT2D eigenvalue weighted by Crippen LogP contribution is -2.44. The number of amidine groups is 1. The van der Waals surface area contributed by atoms with Crippen molar-refractivity contribution in [3.63, 3.8) is 0 Å². The van der Waals surface area contributed by atoms with Crippen LogP contribution in [-0.4, -0.2) is 40.2 Å². The van der Waals surface area contributed by atoms with E-state index in [1.807, 2.05) is 18.2 Å². The Morgan fingerprint density at radius 1 is 1.45 bits per heavy atom. The number of likely N-dealkylation sites (tertiary alicyclic amines) is 1. The van der Waals surface area contributed by atoms with Crippen LogP contribution in [0.15, 0.2) is 35.5 Å². The van der Waals surface area contributed by atoms with Crippen LogP contribution >= 0.6 is 0 Å². The molecule has 0 bridgehead atoms. The molecule has 0 aliphatic carbocycles. The Balaban J connectivity index is 2.18. The van der Waals surface area contributed by atoms with E-state index in [0.29, 0.717) is 6.42 Å². The third-order valence-corrected chi connectivity index (χ3v) is 4.05. The number of piperidine rings is 1. The molecule has 1 aliphatic rings. The first kappa shape index (κ1) is 14.8. The first-order chi connectivity index (χ1) is 9.61. The molecule has 3 atom stereocenters. The van der Waals surface area contributed by atoms with Gasteiger partial charge in [-0.05, 0) is 17.9 Å². The number of aliphatic hydroxyl groups is 1. The highest BCUT2D eigenvalue weighted by Gasteiger charge is 2.30. The number of aliphatic hydroxyl groups excluding tert-OH is 1. The van der Waals surface area contributed by atoms with E-state index >= 15 is 0 Å². The molecule has 1 fully saturated rings. The summed E-state index contributed by atoms with van der Waals surface area (Å²) >= 11 is 0. The molecule has 5 heteroatoms. The maximum atomic E-state index is 9.86. The second kappa shape index (κ2) is 6.72. The van der Waals surface area contributed by atoms with Gasteiger partial charge in [-0.2, -0.15) is 0 Å². The summed E-state index contributed by atoms with van der Waals surface area (Å²) in [6, 6.07) is 10.2. The molecular weight excluding hydrogens is 254 g/mol. The Bertz CT molecular complexity index is 450. The predicted octanol–water partition coefficient (Wildman–Crippen LogP) is 1.57. The SMILES string of the molecule is CC1CN(C(C/C(N)=N/O)c2ccccc2)CCC1O. The molecule has 20 heavy (non-hydrogen) atoms. The predicted molar refractivity (Wildman–Crippen MR) is 78.6 cm³/mol. The smallest absolute Gasteiger partial charge is 0.141 e. The van der Waals surface area contributed by atoms with E-state index in [1.54, 1.807) is 0 Å². The summed E-state index contributed by atoms with van der Waals surface area (Å²) in [5.41, 5.74) is 6.86. The van der Waals surface area contributed by atoms with Crippen LogP contribution in [0.3, 0.4) is 0 Å². The molecule has 3 unspecified atom stereocenters. The van der Waals surface area contributed by atoms with Gasteiger partial charge < -0.3 is 16.0 Å². The molecular formula is C15H23N3O2. The average Bonchev–Trinajstić information content (AvgIpc) is 2.48. The lowest BCUT2D eigenvalue weighted by molar-refractivity contribution is 0.0177. The number of benzene rings is 1. The van der Waals surface area contributed by atoms with Gasteiger partial charge in [0.25, 0.3) is 0 Å². The molecule has 0 amide bonds.